The minimum Gasteiger partial charge on any atom is -0.494 e. The Bertz CT molecular complexity index is 1180. The molecule has 0 unspecified atom stereocenters. The molecule has 3 aromatic rings. The van der Waals surface area contributed by atoms with Crippen molar-refractivity contribution in [1.82, 2.24) is 0 Å². The molecule has 0 fully saturated rings. The van der Waals surface area contributed by atoms with Crippen LogP contribution in [0.4, 0.5) is 0 Å². The van der Waals surface area contributed by atoms with E-state index in [2.05, 4.69) is 13.5 Å². The summed E-state index contributed by atoms with van der Waals surface area (Å²) < 4.78 is 22.1. The lowest BCUT2D eigenvalue weighted by Crippen LogP contribution is -2.08. The fraction of sp³-hybridized carbons (Fsp3) is 0.333. The highest BCUT2D eigenvalue weighted by Crippen LogP contribution is 2.25. The van der Waals surface area contributed by atoms with Crippen LogP contribution in [0.5, 0.6) is 17.2 Å². The minimum absolute atomic E-state index is 0.339. The minimum atomic E-state index is -0.421. The number of ether oxygens (including phenoxy) is 4. The van der Waals surface area contributed by atoms with Crippen LogP contribution >= 0.6 is 0 Å². The summed E-state index contributed by atoms with van der Waals surface area (Å²) in [5.74, 6) is 1.29. The molecule has 0 aliphatic carbocycles. The van der Waals surface area contributed by atoms with Crippen LogP contribution in [0.15, 0.2) is 84.9 Å². The van der Waals surface area contributed by atoms with Crippen LogP contribution in [0, 0.1) is 0 Å². The van der Waals surface area contributed by atoms with Gasteiger partial charge in [0, 0.05) is 5.57 Å². The molecule has 0 aliphatic rings. The van der Waals surface area contributed by atoms with E-state index in [0.717, 1.165) is 62.0 Å². The van der Waals surface area contributed by atoms with Gasteiger partial charge in [-0.15, -0.1) is 0 Å². The molecule has 0 amide bonds. The second-order valence-corrected chi connectivity index (χ2v) is 9.34. The van der Waals surface area contributed by atoms with E-state index in [1.54, 1.807) is 43.3 Å². The van der Waals surface area contributed by atoms with Crippen LogP contribution in [0.2, 0.25) is 0 Å². The van der Waals surface area contributed by atoms with Gasteiger partial charge in [0.1, 0.15) is 17.2 Å². The molecular weight excluding hydrogens is 492 g/mol. The molecule has 0 bridgehead atoms. The van der Waals surface area contributed by atoms with Gasteiger partial charge in [-0.2, -0.15) is 0 Å². The van der Waals surface area contributed by atoms with Crippen molar-refractivity contribution >= 4 is 11.9 Å². The lowest BCUT2D eigenvalue weighted by molar-refractivity contribution is -0.139. The average molecular weight is 531 g/mol. The zero-order valence-electron chi connectivity index (χ0n) is 22.9. The summed E-state index contributed by atoms with van der Waals surface area (Å²) in [7, 11) is 0. The summed E-state index contributed by atoms with van der Waals surface area (Å²) in [6, 6.07) is 22.4. The molecule has 0 saturated carbocycles. The molecular formula is C33H38O6. The molecule has 3 rings (SSSR count). The van der Waals surface area contributed by atoms with Gasteiger partial charge in [-0.3, -0.25) is 0 Å². The molecule has 0 aliphatic heterocycles. The maximum atomic E-state index is 12.6. The lowest BCUT2D eigenvalue weighted by atomic mass is 10.1. The van der Waals surface area contributed by atoms with Gasteiger partial charge in [0.25, 0.3) is 0 Å². The monoisotopic (exact) mass is 530 g/mol. The highest BCUT2D eigenvalue weighted by molar-refractivity contribution is 5.91. The molecule has 0 atom stereocenters. The van der Waals surface area contributed by atoms with Gasteiger partial charge in [0.05, 0.1) is 25.4 Å². The van der Waals surface area contributed by atoms with E-state index >= 15 is 0 Å². The van der Waals surface area contributed by atoms with E-state index in [0.29, 0.717) is 35.8 Å². The quantitative estimate of drug-likeness (QED) is 0.0814. The largest absolute Gasteiger partial charge is 0.494 e. The van der Waals surface area contributed by atoms with Gasteiger partial charge < -0.3 is 18.9 Å². The molecule has 0 saturated heterocycles. The van der Waals surface area contributed by atoms with Gasteiger partial charge in [-0.05, 0) is 98.7 Å². The van der Waals surface area contributed by atoms with Crippen LogP contribution < -0.4 is 14.2 Å². The van der Waals surface area contributed by atoms with E-state index in [1.807, 2.05) is 36.4 Å². The van der Waals surface area contributed by atoms with E-state index in [4.69, 9.17) is 18.9 Å². The first-order valence-corrected chi connectivity index (χ1v) is 13.6. The summed E-state index contributed by atoms with van der Waals surface area (Å²) >= 11 is 0. The molecule has 0 spiro atoms. The van der Waals surface area contributed by atoms with Crippen molar-refractivity contribution in [2.24, 2.45) is 0 Å². The number of esters is 2. The number of benzene rings is 3. The molecule has 0 aromatic heterocycles. The maximum absolute atomic E-state index is 12.6. The smallest absolute Gasteiger partial charge is 0.343 e. The number of hydrogen-bond acceptors (Lipinski definition) is 6. The Kier molecular flexibility index (Phi) is 12.1. The highest BCUT2D eigenvalue weighted by atomic mass is 16.5. The molecule has 0 radical (unpaired) electrons. The van der Waals surface area contributed by atoms with Crippen LogP contribution in [-0.2, 0) is 9.53 Å². The van der Waals surface area contributed by atoms with Gasteiger partial charge in [-0.1, -0.05) is 44.2 Å². The summed E-state index contributed by atoms with van der Waals surface area (Å²) in [4.78, 5) is 23.9. The van der Waals surface area contributed by atoms with Crippen molar-refractivity contribution in [2.45, 2.75) is 52.4 Å². The van der Waals surface area contributed by atoms with E-state index in [9.17, 15) is 9.59 Å². The lowest BCUT2D eigenvalue weighted by Gasteiger charge is -2.09. The molecule has 6 heteroatoms. The third-order valence-electron chi connectivity index (χ3n) is 6.00. The van der Waals surface area contributed by atoms with Crippen molar-refractivity contribution in [3.8, 4) is 28.4 Å². The Morgan fingerprint density at radius 3 is 1.67 bits per heavy atom. The molecule has 39 heavy (non-hydrogen) atoms. The predicted octanol–water partition coefficient (Wildman–Crippen LogP) is 7.81. The predicted molar refractivity (Wildman–Crippen MR) is 153 cm³/mol. The van der Waals surface area contributed by atoms with Crippen molar-refractivity contribution in [3.63, 3.8) is 0 Å². The van der Waals surface area contributed by atoms with Crippen LogP contribution in [0.3, 0.4) is 0 Å². The Morgan fingerprint density at radius 1 is 0.641 bits per heavy atom. The van der Waals surface area contributed by atoms with Gasteiger partial charge >= 0.3 is 11.9 Å². The Morgan fingerprint density at radius 2 is 1.13 bits per heavy atom. The topological polar surface area (TPSA) is 71.1 Å². The summed E-state index contributed by atoms with van der Waals surface area (Å²) in [5, 5.41) is 0. The summed E-state index contributed by atoms with van der Waals surface area (Å²) in [5.41, 5.74) is 2.97. The first kappa shape index (κ1) is 29.5. The van der Waals surface area contributed by atoms with E-state index < -0.39 is 5.97 Å². The van der Waals surface area contributed by atoms with E-state index in [1.165, 1.54) is 0 Å². The first-order chi connectivity index (χ1) is 19.0. The number of rotatable bonds is 16. The van der Waals surface area contributed by atoms with Crippen LogP contribution in [0.1, 0.15) is 62.7 Å². The van der Waals surface area contributed by atoms with E-state index in [-0.39, 0.29) is 5.97 Å². The summed E-state index contributed by atoms with van der Waals surface area (Å²) in [6.45, 7) is 9.06. The highest BCUT2D eigenvalue weighted by Gasteiger charge is 2.10. The number of unbranched alkanes of at least 4 members (excludes halogenated alkanes) is 4. The van der Waals surface area contributed by atoms with Crippen molar-refractivity contribution in [2.75, 3.05) is 19.8 Å². The van der Waals surface area contributed by atoms with Crippen LogP contribution in [0.25, 0.3) is 11.1 Å². The normalized spacial score (nSPS) is 10.5. The second kappa shape index (κ2) is 16.0. The van der Waals surface area contributed by atoms with Crippen molar-refractivity contribution < 1.29 is 28.5 Å². The average Bonchev–Trinajstić information content (AvgIpc) is 2.95. The third-order valence-corrected chi connectivity index (χ3v) is 6.00. The van der Waals surface area contributed by atoms with Crippen LogP contribution in [-0.4, -0.2) is 31.8 Å². The molecule has 6 nitrogen and oxygen atoms in total. The Labute approximate surface area is 231 Å². The molecule has 3 aromatic carbocycles. The zero-order valence-corrected chi connectivity index (χ0v) is 22.9. The molecule has 0 heterocycles. The SMILES string of the molecule is C=C(C)C(=O)OCCCCCCOc1ccc(C(=O)Oc2ccc(-c3ccc(OCCCC)cc3)cc2)cc1. The fourth-order valence-electron chi connectivity index (χ4n) is 3.68. The fourth-order valence-corrected chi connectivity index (χ4v) is 3.68. The van der Waals surface area contributed by atoms with Crippen molar-refractivity contribution in [1.29, 1.82) is 0 Å². The molecule has 0 N–H and O–H groups in total. The van der Waals surface area contributed by atoms with Gasteiger partial charge in [-0.25, -0.2) is 9.59 Å². The number of carbonyl (C=O) groups excluding carboxylic acids is 2. The number of hydrogen-bond donors (Lipinski definition) is 0. The molecule has 206 valence electrons. The van der Waals surface area contributed by atoms with Gasteiger partial charge in [0.2, 0.25) is 0 Å². The summed E-state index contributed by atoms with van der Waals surface area (Å²) in [6.07, 6.45) is 5.80. The third kappa shape index (κ3) is 10.3. The first-order valence-electron chi connectivity index (χ1n) is 13.6. The second-order valence-electron chi connectivity index (χ2n) is 9.34. The Hall–Kier alpha value is -4.06. The number of carbonyl (C=O) groups is 2. The standard InChI is InChI=1S/C33H38O6/c1-4-5-22-36-29-16-10-26(11-17-29)27-12-20-31(21-13-27)39-33(35)28-14-18-30(19-15-28)37-23-8-6-7-9-24-38-32(34)25(2)3/h10-21H,2,4-9,22-24H2,1,3H3. The van der Waals surface area contributed by atoms with Gasteiger partial charge in [0.15, 0.2) is 0 Å². The Balaban J connectivity index is 1.37. The van der Waals surface area contributed by atoms with Crippen molar-refractivity contribution in [3.05, 3.63) is 90.5 Å². The zero-order chi connectivity index (χ0) is 27.9. The maximum Gasteiger partial charge on any atom is 0.343 e.